The summed E-state index contributed by atoms with van der Waals surface area (Å²) in [6.07, 6.45) is 4.40. The number of rotatable bonds is 3. The number of hydrogen-bond acceptors (Lipinski definition) is 2. The Morgan fingerprint density at radius 2 is 2.06 bits per heavy atom. The van der Waals surface area contributed by atoms with Crippen LogP contribution in [0.25, 0.3) is 0 Å². The smallest absolute Gasteiger partial charge is 0.202 e. The van der Waals surface area contributed by atoms with E-state index in [4.69, 9.17) is 11.6 Å². The van der Waals surface area contributed by atoms with Crippen LogP contribution in [0.2, 0.25) is 5.28 Å². The summed E-state index contributed by atoms with van der Waals surface area (Å²) in [6, 6.07) is 0.663. The predicted octanol–water partition coefficient (Wildman–Crippen LogP) is 3.14. The molecule has 1 aromatic heterocycles. The van der Waals surface area contributed by atoms with Crippen LogP contribution >= 0.6 is 11.6 Å². The van der Waals surface area contributed by atoms with Crippen LogP contribution in [0.15, 0.2) is 6.20 Å². The summed E-state index contributed by atoms with van der Waals surface area (Å²) in [5.74, 6) is 0.630. The topological polar surface area (TPSA) is 21.1 Å². The average molecular weight is 256 g/mol. The van der Waals surface area contributed by atoms with Crippen molar-refractivity contribution in [3.05, 3.63) is 17.2 Å². The van der Waals surface area contributed by atoms with Gasteiger partial charge in [0.15, 0.2) is 0 Å². The summed E-state index contributed by atoms with van der Waals surface area (Å²) in [6.45, 7) is 9.96. The van der Waals surface area contributed by atoms with E-state index in [2.05, 4.69) is 35.2 Å². The summed E-state index contributed by atoms with van der Waals surface area (Å²) in [5.41, 5.74) is 1.32. The van der Waals surface area contributed by atoms with E-state index in [-0.39, 0.29) is 0 Å². The first-order valence-corrected chi connectivity index (χ1v) is 6.96. The first kappa shape index (κ1) is 12.9. The van der Waals surface area contributed by atoms with Crippen LogP contribution in [0.3, 0.4) is 0 Å². The molecule has 0 radical (unpaired) electrons. The Hall–Kier alpha value is -0.540. The fourth-order valence-electron chi connectivity index (χ4n) is 2.72. The summed E-state index contributed by atoms with van der Waals surface area (Å²) < 4.78 is 2.14. The van der Waals surface area contributed by atoms with E-state index in [1.807, 2.05) is 6.20 Å². The Kier molecular flexibility index (Phi) is 4.10. The van der Waals surface area contributed by atoms with Gasteiger partial charge < -0.3 is 9.47 Å². The Morgan fingerprint density at radius 3 is 2.59 bits per heavy atom. The molecule has 0 spiro atoms. The Labute approximate surface area is 109 Å². The normalized spacial score (nSPS) is 19.1. The van der Waals surface area contributed by atoms with Crippen molar-refractivity contribution in [1.29, 1.82) is 0 Å². The maximum Gasteiger partial charge on any atom is 0.202 e. The van der Waals surface area contributed by atoms with E-state index in [0.29, 0.717) is 17.2 Å². The number of nitrogens with zero attached hydrogens (tertiary/aromatic N) is 3. The van der Waals surface area contributed by atoms with Crippen molar-refractivity contribution in [3.8, 4) is 0 Å². The Morgan fingerprint density at radius 1 is 1.41 bits per heavy atom. The van der Waals surface area contributed by atoms with Gasteiger partial charge in [-0.3, -0.25) is 0 Å². The third kappa shape index (κ3) is 2.66. The average Bonchev–Trinajstić information content (AvgIpc) is 2.70. The summed E-state index contributed by atoms with van der Waals surface area (Å²) in [4.78, 5) is 6.78. The molecule has 0 aliphatic carbocycles. The van der Waals surface area contributed by atoms with E-state index in [0.717, 1.165) is 6.54 Å². The molecule has 1 fully saturated rings. The molecule has 0 aromatic carbocycles. The first-order chi connectivity index (χ1) is 8.13. The van der Waals surface area contributed by atoms with Crippen molar-refractivity contribution in [2.24, 2.45) is 0 Å². The van der Waals surface area contributed by atoms with E-state index in [9.17, 15) is 0 Å². The fourth-order valence-corrected chi connectivity index (χ4v) is 2.98. The molecule has 0 atom stereocenters. The maximum atomic E-state index is 6.08. The Bertz CT molecular complexity index is 365. The molecule has 2 rings (SSSR count). The highest BCUT2D eigenvalue weighted by atomic mass is 35.5. The van der Waals surface area contributed by atoms with Crippen molar-refractivity contribution in [2.75, 3.05) is 13.1 Å². The van der Waals surface area contributed by atoms with Gasteiger partial charge in [-0.1, -0.05) is 0 Å². The van der Waals surface area contributed by atoms with Crippen molar-refractivity contribution >= 4 is 11.6 Å². The molecule has 0 bridgehead atoms. The van der Waals surface area contributed by atoms with Gasteiger partial charge in [0.25, 0.3) is 0 Å². The zero-order chi connectivity index (χ0) is 12.4. The molecule has 1 aromatic rings. The van der Waals surface area contributed by atoms with Crippen LogP contribution in [0, 0.1) is 0 Å². The zero-order valence-corrected chi connectivity index (χ0v) is 11.7. The quantitative estimate of drug-likeness (QED) is 0.827. The van der Waals surface area contributed by atoms with Crippen LogP contribution in [-0.2, 0) is 6.54 Å². The number of aromatic nitrogens is 2. The van der Waals surface area contributed by atoms with Gasteiger partial charge in [0.1, 0.15) is 0 Å². The standard InChI is InChI=1S/C13H22ClN3/c1-4-17-12(9-15-13(17)14)11-5-7-16(8-6-11)10(2)3/h9-11H,4-8H2,1-3H3. The number of hydrogen-bond donors (Lipinski definition) is 0. The predicted molar refractivity (Wildman–Crippen MR) is 71.6 cm³/mol. The van der Waals surface area contributed by atoms with Gasteiger partial charge in [0, 0.05) is 24.2 Å². The number of piperidine rings is 1. The SMILES string of the molecule is CCn1c(C2CCN(C(C)C)CC2)cnc1Cl. The fraction of sp³-hybridized carbons (Fsp3) is 0.769. The van der Waals surface area contributed by atoms with Crippen molar-refractivity contribution in [3.63, 3.8) is 0 Å². The highest BCUT2D eigenvalue weighted by Gasteiger charge is 2.24. The largest absolute Gasteiger partial charge is 0.319 e. The minimum absolute atomic E-state index is 0.630. The molecule has 4 heteroatoms. The summed E-state index contributed by atoms with van der Waals surface area (Å²) in [7, 11) is 0. The molecule has 3 nitrogen and oxygen atoms in total. The van der Waals surface area contributed by atoms with Gasteiger partial charge in [0.05, 0.1) is 6.20 Å². The zero-order valence-electron chi connectivity index (χ0n) is 11.0. The van der Waals surface area contributed by atoms with E-state index in [1.54, 1.807) is 0 Å². The molecule has 1 saturated heterocycles. The van der Waals surface area contributed by atoms with Crippen LogP contribution < -0.4 is 0 Å². The second kappa shape index (κ2) is 5.40. The minimum Gasteiger partial charge on any atom is -0.319 e. The molecule has 2 heterocycles. The van der Waals surface area contributed by atoms with Crippen LogP contribution in [-0.4, -0.2) is 33.6 Å². The molecule has 0 N–H and O–H groups in total. The molecular weight excluding hydrogens is 234 g/mol. The second-order valence-corrected chi connectivity index (χ2v) is 5.44. The van der Waals surface area contributed by atoms with Crippen LogP contribution in [0.4, 0.5) is 0 Å². The lowest BCUT2D eigenvalue weighted by atomic mass is 9.93. The second-order valence-electron chi connectivity index (χ2n) is 5.10. The first-order valence-electron chi connectivity index (χ1n) is 6.58. The number of halogens is 1. The van der Waals surface area contributed by atoms with Crippen LogP contribution in [0.5, 0.6) is 0 Å². The molecule has 0 unspecified atom stereocenters. The highest BCUT2D eigenvalue weighted by molar-refractivity contribution is 6.28. The monoisotopic (exact) mass is 255 g/mol. The maximum absolute atomic E-state index is 6.08. The van der Waals surface area contributed by atoms with E-state index >= 15 is 0 Å². The summed E-state index contributed by atoms with van der Waals surface area (Å²) >= 11 is 6.08. The lowest BCUT2D eigenvalue weighted by Crippen LogP contribution is -2.38. The molecule has 96 valence electrons. The third-order valence-corrected chi connectivity index (χ3v) is 4.13. The molecule has 0 amide bonds. The van der Waals surface area contributed by atoms with Gasteiger partial charge in [-0.15, -0.1) is 0 Å². The molecule has 1 aliphatic rings. The van der Waals surface area contributed by atoms with Crippen molar-refractivity contribution < 1.29 is 0 Å². The third-order valence-electron chi connectivity index (χ3n) is 3.83. The van der Waals surface area contributed by atoms with Gasteiger partial charge in [-0.25, -0.2) is 4.98 Å². The minimum atomic E-state index is 0.630. The molecule has 1 aliphatic heterocycles. The number of imidazole rings is 1. The van der Waals surface area contributed by atoms with Gasteiger partial charge in [-0.2, -0.15) is 0 Å². The van der Waals surface area contributed by atoms with E-state index < -0.39 is 0 Å². The molecular formula is C13H22ClN3. The molecule has 0 saturated carbocycles. The summed E-state index contributed by atoms with van der Waals surface area (Å²) in [5, 5.41) is 0.633. The van der Waals surface area contributed by atoms with Gasteiger partial charge >= 0.3 is 0 Å². The van der Waals surface area contributed by atoms with Crippen molar-refractivity contribution in [2.45, 2.75) is 52.1 Å². The lowest BCUT2D eigenvalue weighted by Gasteiger charge is -2.34. The number of likely N-dealkylation sites (tertiary alicyclic amines) is 1. The Balaban J connectivity index is 2.05. The van der Waals surface area contributed by atoms with E-state index in [1.165, 1.54) is 31.6 Å². The highest BCUT2D eigenvalue weighted by Crippen LogP contribution is 2.30. The molecule has 17 heavy (non-hydrogen) atoms. The lowest BCUT2D eigenvalue weighted by molar-refractivity contribution is 0.169. The van der Waals surface area contributed by atoms with Gasteiger partial charge in [-0.05, 0) is 58.3 Å². The van der Waals surface area contributed by atoms with Crippen molar-refractivity contribution in [1.82, 2.24) is 14.5 Å². The van der Waals surface area contributed by atoms with Crippen LogP contribution in [0.1, 0.15) is 45.2 Å². The van der Waals surface area contributed by atoms with Gasteiger partial charge in [0.2, 0.25) is 5.28 Å².